The Balaban J connectivity index is 1.59. The molecule has 1 fully saturated rings. The molecule has 0 saturated carbocycles. The summed E-state index contributed by atoms with van der Waals surface area (Å²) >= 11 is 3.18. The van der Waals surface area contributed by atoms with E-state index in [2.05, 4.69) is 15.9 Å². The van der Waals surface area contributed by atoms with Gasteiger partial charge in [0, 0.05) is 47.7 Å². The average Bonchev–Trinajstić information content (AvgIpc) is 3.11. The summed E-state index contributed by atoms with van der Waals surface area (Å²) < 4.78 is 5.32. The number of aliphatic carboxylic acids is 1. The number of carboxylic acid groups (broad SMARTS) is 1. The van der Waals surface area contributed by atoms with E-state index in [0.29, 0.717) is 11.3 Å². The van der Waals surface area contributed by atoms with E-state index in [4.69, 9.17) is 9.84 Å². The van der Waals surface area contributed by atoms with Gasteiger partial charge in [0.1, 0.15) is 11.5 Å². The third kappa shape index (κ3) is 4.03. The van der Waals surface area contributed by atoms with Crippen LogP contribution >= 0.6 is 15.9 Å². The number of rotatable bonds is 6. The third-order valence-corrected chi connectivity index (χ3v) is 8.33. The fraction of sp³-hybridized carbons (Fsp3) is 0.370. The number of carbonyl (C=O) groups excluding carboxylic acids is 4. The number of hydrogen-bond donors (Lipinski definition) is 2. The van der Waals surface area contributed by atoms with E-state index in [0.717, 1.165) is 10.5 Å². The van der Waals surface area contributed by atoms with Gasteiger partial charge in [0.05, 0.1) is 23.4 Å². The van der Waals surface area contributed by atoms with Gasteiger partial charge in [-0.25, -0.2) is 0 Å². The van der Waals surface area contributed by atoms with E-state index in [9.17, 15) is 29.1 Å². The van der Waals surface area contributed by atoms with E-state index in [1.54, 1.807) is 12.1 Å². The van der Waals surface area contributed by atoms with Crippen LogP contribution in [0, 0.1) is 17.8 Å². The zero-order valence-corrected chi connectivity index (χ0v) is 21.5. The molecule has 1 aliphatic heterocycles. The van der Waals surface area contributed by atoms with E-state index in [1.807, 2.05) is 6.08 Å². The molecule has 0 radical (unpaired) electrons. The van der Waals surface area contributed by atoms with Gasteiger partial charge in [0.25, 0.3) is 0 Å². The maximum atomic E-state index is 13.5. The summed E-state index contributed by atoms with van der Waals surface area (Å²) in [4.78, 5) is 65.2. The minimum Gasteiger partial charge on any atom is -0.507 e. The maximum absolute atomic E-state index is 13.5. The van der Waals surface area contributed by atoms with Gasteiger partial charge < -0.3 is 14.9 Å². The molecule has 4 atom stereocenters. The Morgan fingerprint density at radius 1 is 1.16 bits per heavy atom. The number of likely N-dealkylation sites (tertiary alicyclic amines) is 1. The van der Waals surface area contributed by atoms with Crippen molar-refractivity contribution in [2.75, 3.05) is 13.7 Å². The molecular weight excluding hydrogens is 546 g/mol. The number of nitrogens with zero attached hydrogens (tertiary/aromatic N) is 1. The van der Waals surface area contributed by atoms with Crippen molar-refractivity contribution in [1.29, 1.82) is 0 Å². The molecule has 0 aromatic heterocycles. The Hall–Kier alpha value is -3.53. The number of allylic oxidation sites excluding steroid dienone is 6. The van der Waals surface area contributed by atoms with Crippen LogP contribution in [0.1, 0.15) is 37.2 Å². The van der Waals surface area contributed by atoms with E-state index >= 15 is 0 Å². The maximum Gasteiger partial charge on any atom is 0.303 e. The molecular formula is C27H24BrNO8. The molecule has 0 spiro atoms. The highest BCUT2D eigenvalue weighted by Gasteiger charge is 2.56. The predicted octanol–water partition coefficient (Wildman–Crippen LogP) is 3.03. The first-order valence-corrected chi connectivity index (χ1v) is 12.8. The average molecular weight is 570 g/mol. The summed E-state index contributed by atoms with van der Waals surface area (Å²) in [6, 6.07) is 4.73. The zero-order chi connectivity index (χ0) is 26.6. The molecule has 1 saturated heterocycles. The monoisotopic (exact) mass is 569 g/mol. The fourth-order valence-corrected chi connectivity index (χ4v) is 6.58. The number of phenolic OH excluding ortho intramolecular Hbond substituents is 1. The van der Waals surface area contributed by atoms with Gasteiger partial charge in [-0.2, -0.15) is 0 Å². The number of methoxy groups -OCH3 is 1. The Kier molecular flexibility index (Phi) is 6.39. The summed E-state index contributed by atoms with van der Waals surface area (Å²) in [5, 5.41) is 19.8. The van der Waals surface area contributed by atoms with E-state index < -0.39 is 29.6 Å². The van der Waals surface area contributed by atoms with E-state index in [1.165, 1.54) is 19.3 Å². The quantitative estimate of drug-likeness (QED) is 0.303. The first-order valence-electron chi connectivity index (χ1n) is 12.0. The highest BCUT2D eigenvalue weighted by Crippen LogP contribution is 2.56. The molecule has 37 heavy (non-hydrogen) atoms. The van der Waals surface area contributed by atoms with Crippen molar-refractivity contribution >= 4 is 45.3 Å². The predicted molar refractivity (Wildman–Crippen MR) is 133 cm³/mol. The van der Waals surface area contributed by atoms with Crippen molar-refractivity contribution in [1.82, 2.24) is 4.90 Å². The molecule has 192 valence electrons. The van der Waals surface area contributed by atoms with Crippen LogP contribution in [0.5, 0.6) is 11.5 Å². The zero-order valence-electron chi connectivity index (χ0n) is 19.9. The first-order chi connectivity index (χ1) is 17.6. The molecule has 1 heterocycles. The second kappa shape index (κ2) is 9.41. The number of carbonyl (C=O) groups is 5. The summed E-state index contributed by atoms with van der Waals surface area (Å²) in [5.74, 6) is -4.79. The van der Waals surface area contributed by atoms with Crippen molar-refractivity contribution in [3.8, 4) is 11.5 Å². The van der Waals surface area contributed by atoms with Crippen LogP contribution in [-0.2, 0) is 24.0 Å². The van der Waals surface area contributed by atoms with Gasteiger partial charge in [-0.3, -0.25) is 28.9 Å². The van der Waals surface area contributed by atoms with Gasteiger partial charge in [-0.05, 0) is 47.2 Å². The number of ketones is 2. The van der Waals surface area contributed by atoms with E-state index in [-0.39, 0.29) is 77.0 Å². The van der Waals surface area contributed by atoms with Crippen LogP contribution in [0.25, 0.3) is 0 Å². The van der Waals surface area contributed by atoms with Crippen molar-refractivity contribution in [2.45, 2.75) is 31.6 Å². The van der Waals surface area contributed by atoms with Crippen molar-refractivity contribution in [3.05, 3.63) is 57.1 Å². The molecule has 1 aromatic rings. The van der Waals surface area contributed by atoms with Crippen molar-refractivity contribution in [3.63, 3.8) is 0 Å². The molecule has 4 aliphatic rings. The minimum atomic E-state index is -1.01. The van der Waals surface area contributed by atoms with Gasteiger partial charge >= 0.3 is 5.97 Å². The number of phenols is 1. The number of ether oxygens (including phenoxy) is 1. The number of imide groups is 1. The number of amides is 2. The number of Topliss-reactive ketones (excluding diaryl/α,β-unsaturated/α-hetero) is 1. The molecule has 1 aromatic carbocycles. The lowest BCUT2D eigenvalue weighted by atomic mass is 9.59. The first kappa shape index (κ1) is 25.1. The molecule has 0 bridgehead atoms. The molecule has 10 heteroatoms. The molecule has 5 rings (SSSR count). The second-order valence-electron chi connectivity index (χ2n) is 9.64. The number of benzene rings is 1. The Bertz CT molecular complexity index is 1360. The van der Waals surface area contributed by atoms with Crippen LogP contribution in [0.3, 0.4) is 0 Å². The number of hydrogen-bond acceptors (Lipinski definition) is 7. The summed E-state index contributed by atoms with van der Waals surface area (Å²) in [7, 11) is 1.46. The smallest absolute Gasteiger partial charge is 0.303 e. The number of fused-ring (bicyclic) bond motifs is 3. The lowest BCUT2D eigenvalue weighted by Crippen LogP contribution is -2.39. The lowest BCUT2D eigenvalue weighted by Gasteiger charge is -2.42. The number of carboxylic acids is 1. The highest BCUT2D eigenvalue weighted by atomic mass is 79.9. The van der Waals surface area contributed by atoms with Crippen LogP contribution in [-0.4, -0.2) is 58.1 Å². The molecule has 3 aliphatic carbocycles. The Morgan fingerprint density at radius 3 is 2.59 bits per heavy atom. The number of aromatic hydroxyl groups is 1. The Labute approximate surface area is 220 Å². The van der Waals surface area contributed by atoms with Crippen LogP contribution in [0.4, 0.5) is 0 Å². The SMILES string of the molecule is COc1ccc([C@H]2C3=CC[C@@H]4C(=O)N(CCCC(=O)O)C(=O)[C@@H]4[C@@H]3CC3=C2C(=O)C=C(Br)C3=O)c(O)c1. The summed E-state index contributed by atoms with van der Waals surface area (Å²) in [5.41, 5.74) is 1.67. The summed E-state index contributed by atoms with van der Waals surface area (Å²) in [6.45, 7) is 0.0152. The van der Waals surface area contributed by atoms with Gasteiger partial charge in [0.15, 0.2) is 11.6 Å². The summed E-state index contributed by atoms with van der Waals surface area (Å²) in [6.07, 6.45) is 3.47. The molecule has 2 amide bonds. The fourth-order valence-electron chi connectivity index (χ4n) is 6.13. The van der Waals surface area contributed by atoms with Crippen molar-refractivity contribution < 1.29 is 38.9 Å². The second-order valence-corrected chi connectivity index (χ2v) is 10.5. The van der Waals surface area contributed by atoms with Crippen LogP contribution in [0.15, 0.2) is 51.6 Å². The topological polar surface area (TPSA) is 138 Å². The Morgan fingerprint density at radius 2 is 1.92 bits per heavy atom. The number of halogens is 1. The van der Waals surface area contributed by atoms with Crippen LogP contribution < -0.4 is 4.74 Å². The third-order valence-electron chi connectivity index (χ3n) is 7.74. The minimum absolute atomic E-state index is 0.0152. The van der Waals surface area contributed by atoms with Crippen molar-refractivity contribution in [2.24, 2.45) is 17.8 Å². The van der Waals surface area contributed by atoms with Crippen LogP contribution in [0.2, 0.25) is 0 Å². The van der Waals surface area contributed by atoms with Gasteiger partial charge in [0.2, 0.25) is 11.8 Å². The molecule has 9 nitrogen and oxygen atoms in total. The standard InChI is InChI=1S/C27H24BrNO8/c1-37-12-4-5-14(19(30)9-12)22-13-6-7-15-23(27(36)29(26(15)35)8-2-3-21(32)33)16(13)10-17-24(22)20(31)11-18(28)25(17)34/h4-6,9,11,15-16,22-23,30H,2-3,7-8,10H2,1H3,(H,32,33)/t15-,16+,22+,23-/m0/s1. The lowest BCUT2D eigenvalue weighted by molar-refractivity contribution is -0.142. The normalized spacial score (nSPS) is 26.9. The van der Waals surface area contributed by atoms with Gasteiger partial charge in [-0.15, -0.1) is 0 Å². The largest absolute Gasteiger partial charge is 0.507 e. The highest BCUT2D eigenvalue weighted by molar-refractivity contribution is 9.12. The molecule has 2 N–H and O–H groups in total. The molecule has 0 unspecified atom stereocenters. The van der Waals surface area contributed by atoms with Gasteiger partial charge in [-0.1, -0.05) is 17.7 Å².